The standard InChI is InChI=1S/C29H25NO10/c31-11-19-25(35)26(36)27(37)28(38-19)40-29-22(12-5-7-13(32)8-6-12)20-15-3-1-2-4-16(15)30-24(20)23(29)21-17(34)9-14(33)10-18(21)39-29/h1-10,19,23,25-28,31-37H,11H2/t19-,23+,25-,26+,27-,28+,29+/m1/s1. The van der Waals surface area contributed by atoms with Gasteiger partial charge in [0.05, 0.1) is 23.6 Å². The molecule has 3 aromatic rings. The fourth-order valence-electron chi connectivity index (χ4n) is 6.11. The number of aliphatic imine (C=N–C) groups is 1. The zero-order valence-corrected chi connectivity index (χ0v) is 20.7. The molecule has 40 heavy (non-hydrogen) atoms. The number of phenols is 3. The van der Waals surface area contributed by atoms with Crippen LogP contribution in [0.5, 0.6) is 23.0 Å². The summed E-state index contributed by atoms with van der Waals surface area (Å²) in [7, 11) is 0. The maximum absolute atomic E-state index is 11.0. The lowest BCUT2D eigenvalue weighted by Gasteiger charge is -2.43. The molecule has 3 heterocycles. The first-order valence-corrected chi connectivity index (χ1v) is 12.7. The van der Waals surface area contributed by atoms with Crippen LogP contribution >= 0.6 is 0 Å². The van der Waals surface area contributed by atoms with Crippen LogP contribution in [0.25, 0.3) is 11.1 Å². The lowest BCUT2D eigenvalue weighted by Crippen LogP contribution is -2.61. The number of ether oxygens (including phenoxy) is 3. The third-order valence-corrected chi connectivity index (χ3v) is 7.87. The number of allylic oxidation sites excluding steroid dienone is 1. The van der Waals surface area contributed by atoms with E-state index in [1.165, 1.54) is 24.3 Å². The number of phenolic OH excluding ortho intramolecular Hbond substituents is 3. The summed E-state index contributed by atoms with van der Waals surface area (Å²) in [5, 5.41) is 72.8. The van der Waals surface area contributed by atoms with Gasteiger partial charge < -0.3 is 50.0 Å². The first-order valence-electron chi connectivity index (χ1n) is 12.7. The Morgan fingerprint density at radius 2 is 1.62 bits per heavy atom. The molecule has 7 N–H and O–H groups in total. The van der Waals surface area contributed by atoms with Gasteiger partial charge in [-0.15, -0.1) is 0 Å². The first-order chi connectivity index (χ1) is 19.2. The number of para-hydroxylation sites is 1. The van der Waals surface area contributed by atoms with Crippen molar-refractivity contribution in [2.45, 2.75) is 42.4 Å². The number of hydrogen-bond donors (Lipinski definition) is 7. The summed E-state index contributed by atoms with van der Waals surface area (Å²) in [5.74, 6) is -3.20. The topological polar surface area (TPSA) is 182 Å². The van der Waals surface area contributed by atoms with Gasteiger partial charge in [-0.1, -0.05) is 30.3 Å². The molecule has 0 radical (unpaired) electrons. The van der Waals surface area contributed by atoms with Crippen LogP contribution in [0.4, 0.5) is 5.69 Å². The summed E-state index contributed by atoms with van der Waals surface area (Å²) < 4.78 is 18.7. The van der Waals surface area contributed by atoms with Gasteiger partial charge >= 0.3 is 0 Å². The van der Waals surface area contributed by atoms with Crippen LogP contribution in [0.2, 0.25) is 0 Å². The summed E-state index contributed by atoms with van der Waals surface area (Å²) in [6, 6.07) is 16.2. The maximum atomic E-state index is 11.0. The molecule has 1 fully saturated rings. The van der Waals surface area contributed by atoms with Crippen LogP contribution < -0.4 is 4.74 Å². The second-order valence-electron chi connectivity index (χ2n) is 10.2. The minimum Gasteiger partial charge on any atom is -0.508 e. The average molecular weight is 548 g/mol. The minimum atomic E-state index is -1.86. The molecule has 7 atom stereocenters. The Morgan fingerprint density at radius 3 is 2.38 bits per heavy atom. The molecule has 3 aromatic carbocycles. The van der Waals surface area contributed by atoms with Crippen LogP contribution in [0.3, 0.4) is 0 Å². The minimum absolute atomic E-state index is 0.0201. The third-order valence-electron chi connectivity index (χ3n) is 7.87. The van der Waals surface area contributed by atoms with Crippen molar-refractivity contribution < 1.29 is 50.0 Å². The fourth-order valence-corrected chi connectivity index (χ4v) is 6.11. The van der Waals surface area contributed by atoms with Crippen LogP contribution in [-0.4, -0.2) is 84.6 Å². The first kappa shape index (κ1) is 25.0. The molecular formula is C29H25NO10. The van der Waals surface area contributed by atoms with Crippen molar-refractivity contribution in [3.05, 3.63) is 77.4 Å². The van der Waals surface area contributed by atoms with Gasteiger partial charge in [0.1, 0.15) is 53.3 Å². The molecule has 206 valence electrons. The van der Waals surface area contributed by atoms with Gasteiger partial charge in [0.25, 0.3) is 5.79 Å². The molecular weight excluding hydrogens is 522 g/mol. The number of hydrogen-bond acceptors (Lipinski definition) is 11. The van der Waals surface area contributed by atoms with E-state index in [0.29, 0.717) is 28.1 Å². The van der Waals surface area contributed by atoms with Gasteiger partial charge in [-0.25, -0.2) is 0 Å². The Bertz CT molecular complexity index is 1580. The quantitative estimate of drug-likeness (QED) is 0.253. The van der Waals surface area contributed by atoms with Crippen molar-refractivity contribution in [1.82, 2.24) is 0 Å². The Kier molecular flexibility index (Phi) is 5.48. The van der Waals surface area contributed by atoms with E-state index in [2.05, 4.69) is 0 Å². The highest BCUT2D eigenvalue weighted by molar-refractivity contribution is 6.41. The van der Waals surface area contributed by atoms with Crippen molar-refractivity contribution in [1.29, 1.82) is 0 Å². The van der Waals surface area contributed by atoms with Gasteiger partial charge in [-0.2, -0.15) is 0 Å². The van der Waals surface area contributed by atoms with E-state index >= 15 is 0 Å². The fraction of sp³-hybridized carbons (Fsp3) is 0.276. The molecule has 1 aliphatic carbocycles. The van der Waals surface area contributed by atoms with E-state index in [1.807, 2.05) is 24.3 Å². The SMILES string of the molecule is OC[C@H]1O[C@@H](O[C@]23Oc4cc(O)cc(O)c4[C@H]2C2=Nc4ccccc4C2=C3c2ccc(O)cc2)[C@H](O)[C@@H](O)[C@@H]1O. The van der Waals surface area contributed by atoms with Gasteiger partial charge in [-0.05, 0) is 23.8 Å². The number of aliphatic hydroxyl groups is 4. The Balaban J connectivity index is 1.48. The lowest BCUT2D eigenvalue weighted by atomic mass is 9.88. The molecule has 0 unspecified atom stereocenters. The molecule has 4 aliphatic rings. The van der Waals surface area contributed by atoms with Gasteiger partial charge in [0.15, 0.2) is 6.29 Å². The third kappa shape index (κ3) is 3.37. The van der Waals surface area contributed by atoms with Crippen LogP contribution in [0, 0.1) is 0 Å². The smallest absolute Gasteiger partial charge is 0.253 e. The molecule has 0 bridgehead atoms. The van der Waals surface area contributed by atoms with Gasteiger partial charge in [0.2, 0.25) is 0 Å². The molecule has 0 spiro atoms. The summed E-state index contributed by atoms with van der Waals surface area (Å²) in [6.45, 7) is -0.664. The number of nitrogens with zero attached hydrogens (tertiary/aromatic N) is 1. The summed E-state index contributed by atoms with van der Waals surface area (Å²) >= 11 is 0. The zero-order valence-electron chi connectivity index (χ0n) is 20.7. The Labute approximate surface area is 227 Å². The summed E-state index contributed by atoms with van der Waals surface area (Å²) in [5.41, 5.74) is 3.85. The van der Waals surface area contributed by atoms with Crippen molar-refractivity contribution in [2.24, 2.45) is 4.99 Å². The molecule has 1 saturated heterocycles. The van der Waals surface area contributed by atoms with Crippen LogP contribution in [0.1, 0.15) is 22.6 Å². The molecule has 0 aromatic heterocycles. The molecule has 0 saturated carbocycles. The predicted octanol–water partition coefficient (Wildman–Crippen LogP) is 1.50. The van der Waals surface area contributed by atoms with E-state index in [1.54, 1.807) is 12.1 Å². The molecule has 11 nitrogen and oxygen atoms in total. The second-order valence-corrected chi connectivity index (χ2v) is 10.2. The summed E-state index contributed by atoms with van der Waals surface area (Å²) in [4.78, 5) is 4.87. The summed E-state index contributed by atoms with van der Waals surface area (Å²) in [6.07, 6.45) is -7.92. The number of benzene rings is 3. The van der Waals surface area contributed by atoms with E-state index in [4.69, 9.17) is 19.2 Å². The molecule has 0 amide bonds. The van der Waals surface area contributed by atoms with Gasteiger partial charge in [0, 0.05) is 28.8 Å². The second kappa shape index (κ2) is 8.77. The highest BCUT2D eigenvalue weighted by Gasteiger charge is 2.65. The van der Waals surface area contributed by atoms with Crippen molar-refractivity contribution in [3.8, 4) is 23.0 Å². The monoisotopic (exact) mass is 547 g/mol. The van der Waals surface area contributed by atoms with E-state index in [-0.39, 0.29) is 28.6 Å². The Hall–Kier alpha value is -3.97. The van der Waals surface area contributed by atoms with E-state index < -0.39 is 49.0 Å². The number of fused-ring (bicyclic) bond motifs is 7. The number of aliphatic hydroxyl groups excluding tert-OH is 4. The maximum Gasteiger partial charge on any atom is 0.253 e. The average Bonchev–Trinajstić information content (AvgIpc) is 3.53. The highest BCUT2D eigenvalue weighted by Crippen LogP contribution is 2.65. The normalized spacial score (nSPS) is 31.8. The highest BCUT2D eigenvalue weighted by atomic mass is 16.8. The van der Waals surface area contributed by atoms with Crippen LogP contribution in [0.15, 0.2) is 65.7 Å². The van der Waals surface area contributed by atoms with E-state index in [9.17, 15) is 35.7 Å². The zero-order chi connectivity index (χ0) is 27.9. The van der Waals surface area contributed by atoms with Crippen molar-refractivity contribution in [2.75, 3.05) is 6.61 Å². The number of rotatable bonds is 4. The predicted molar refractivity (Wildman–Crippen MR) is 139 cm³/mol. The lowest BCUT2D eigenvalue weighted by molar-refractivity contribution is -0.340. The van der Waals surface area contributed by atoms with Gasteiger partial charge in [-0.3, -0.25) is 4.99 Å². The van der Waals surface area contributed by atoms with E-state index in [0.717, 1.165) is 5.56 Å². The Morgan fingerprint density at radius 1 is 0.875 bits per heavy atom. The largest absolute Gasteiger partial charge is 0.508 e. The molecule has 11 heteroatoms. The number of aromatic hydroxyl groups is 3. The van der Waals surface area contributed by atoms with Crippen molar-refractivity contribution in [3.63, 3.8) is 0 Å². The van der Waals surface area contributed by atoms with Crippen LogP contribution in [-0.2, 0) is 9.47 Å². The molecule has 7 rings (SSSR count). The van der Waals surface area contributed by atoms with Crippen molar-refractivity contribution >= 4 is 22.5 Å². The molecule has 3 aliphatic heterocycles.